The lowest BCUT2D eigenvalue weighted by molar-refractivity contribution is 0.469. The number of nitrogens with two attached hydrogens (primary N) is 1. The second-order valence-corrected chi connectivity index (χ2v) is 4.88. The normalized spacial score (nSPS) is 22.8. The van der Waals surface area contributed by atoms with Gasteiger partial charge in [-0.2, -0.15) is 5.26 Å². The van der Waals surface area contributed by atoms with Gasteiger partial charge < -0.3 is 10.6 Å². The molecule has 2 rings (SSSR count). The van der Waals surface area contributed by atoms with Crippen molar-refractivity contribution in [1.82, 2.24) is 0 Å². The molecule has 2 unspecified atom stereocenters. The van der Waals surface area contributed by atoms with E-state index in [-0.39, 0.29) is 5.82 Å². The van der Waals surface area contributed by atoms with Crippen LogP contribution in [0.2, 0.25) is 0 Å². The van der Waals surface area contributed by atoms with Crippen molar-refractivity contribution in [3.05, 3.63) is 29.6 Å². The third-order valence-corrected chi connectivity index (χ3v) is 3.88. The minimum Gasteiger partial charge on any atom is -0.369 e. The number of halogens is 1. The van der Waals surface area contributed by atoms with Gasteiger partial charge in [-0.15, -0.1) is 0 Å². The molecule has 1 aromatic carbocycles. The zero-order chi connectivity index (χ0) is 13.1. The zero-order valence-electron chi connectivity index (χ0n) is 10.6. The van der Waals surface area contributed by atoms with Gasteiger partial charge >= 0.3 is 0 Å². The molecule has 1 fully saturated rings. The van der Waals surface area contributed by atoms with E-state index in [1.807, 2.05) is 18.0 Å². The maximum Gasteiger partial charge on any atom is 0.147 e. The Bertz CT molecular complexity index is 467. The number of hydrogen-bond acceptors (Lipinski definition) is 3. The van der Waals surface area contributed by atoms with Gasteiger partial charge in [0.2, 0.25) is 0 Å². The van der Waals surface area contributed by atoms with Crippen molar-refractivity contribution in [2.24, 2.45) is 11.7 Å². The quantitative estimate of drug-likeness (QED) is 0.891. The molecule has 0 bridgehead atoms. The molecule has 0 saturated heterocycles. The number of anilines is 1. The van der Waals surface area contributed by atoms with Gasteiger partial charge in [-0.1, -0.05) is 6.42 Å². The number of benzene rings is 1. The van der Waals surface area contributed by atoms with E-state index in [9.17, 15) is 4.39 Å². The molecular formula is C14H18FN3. The lowest BCUT2D eigenvalue weighted by Crippen LogP contribution is -2.38. The summed E-state index contributed by atoms with van der Waals surface area (Å²) in [7, 11) is 1.91. The van der Waals surface area contributed by atoms with Crippen LogP contribution in [0.15, 0.2) is 18.2 Å². The van der Waals surface area contributed by atoms with Crippen LogP contribution in [-0.4, -0.2) is 19.6 Å². The van der Waals surface area contributed by atoms with E-state index in [1.54, 1.807) is 12.1 Å². The molecule has 1 aliphatic rings. The molecule has 0 aromatic heterocycles. The second-order valence-electron chi connectivity index (χ2n) is 4.88. The average Bonchev–Trinajstić information content (AvgIpc) is 2.86. The third kappa shape index (κ3) is 2.32. The van der Waals surface area contributed by atoms with Gasteiger partial charge in [-0.25, -0.2) is 4.39 Å². The molecular weight excluding hydrogens is 229 g/mol. The molecule has 96 valence electrons. The summed E-state index contributed by atoms with van der Waals surface area (Å²) in [5.41, 5.74) is 6.67. The molecule has 0 spiro atoms. The predicted octanol–water partition coefficient (Wildman–Crippen LogP) is 2.26. The number of nitrogens with zero attached hydrogens (tertiary/aromatic N) is 2. The molecule has 1 aromatic rings. The van der Waals surface area contributed by atoms with Crippen molar-refractivity contribution in [3.63, 3.8) is 0 Å². The highest BCUT2D eigenvalue weighted by Crippen LogP contribution is 2.32. The molecule has 0 heterocycles. The van der Waals surface area contributed by atoms with Crippen LogP contribution < -0.4 is 10.6 Å². The minimum absolute atomic E-state index is 0.303. The lowest BCUT2D eigenvalue weighted by Gasteiger charge is -2.31. The Morgan fingerprint density at radius 3 is 2.89 bits per heavy atom. The van der Waals surface area contributed by atoms with Crippen molar-refractivity contribution in [1.29, 1.82) is 5.26 Å². The van der Waals surface area contributed by atoms with Crippen LogP contribution in [0.25, 0.3) is 0 Å². The van der Waals surface area contributed by atoms with E-state index >= 15 is 0 Å². The summed E-state index contributed by atoms with van der Waals surface area (Å²) in [5.74, 6) is 0.101. The molecule has 4 heteroatoms. The van der Waals surface area contributed by atoms with Crippen LogP contribution in [0, 0.1) is 23.1 Å². The molecule has 1 aliphatic carbocycles. The standard InChI is InChI=1S/C14H18FN3/c1-18(13-4-2-3-11(13)9-17)14-6-5-10(8-16)7-12(14)15/h5-7,11,13H,2-4,9,17H2,1H3. The van der Waals surface area contributed by atoms with E-state index in [2.05, 4.69) is 0 Å². The SMILES string of the molecule is CN(c1ccc(C#N)cc1F)C1CCCC1CN. The smallest absolute Gasteiger partial charge is 0.147 e. The Kier molecular flexibility index (Phi) is 3.83. The van der Waals surface area contributed by atoms with E-state index in [4.69, 9.17) is 11.0 Å². The maximum absolute atomic E-state index is 13.9. The minimum atomic E-state index is -0.334. The van der Waals surface area contributed by atoms with Crippen LogP contribution in [-0.2, 0) is 0 Å². The Labute approximate surface area is 107 Å². The molecule has 1 saturated carbocycles. The molecule has 18 heavy (non-hydrogen) atoms. The fraction of sp³-hybridized carbons (Fsp3) is 0.500. The van der Waals surface area contributed by atoms with Gasteiger partial charge in [0.15, 0.2) is 0 Å². The van der Waals surface area contributed by atoms with E-state index in [0.29, 0.717) is 29.8 Å². The molecule has 3 nitrogen and oxygen atoms in total. The maximum atomic E-state index is 13.9. The second kappa shape index (κ2) is 5.36. The number of rotatable bonds is 3. The van der Waals surface area contributed by atoms with Gasteiger partial charge in [0.05, 0.1) is 17.3 Å². The largest absolute Gasteiger partial charge is 0.369 e. The summed E-state index contributed by atoms with van der Waals surface area (Å²) < 4.78 is 13.9. The van der Waals surface area contributed by atoms with E-state index in [0.717, 1.165) is 19.3 Å². The predicted molar refractivity (Wildman–Crippen MR) is 69.7 cm³/mol. The Morgan fingerprint density at radius 1 is 1.50 bits per heavy atom. The van der Waals surface area contributed by atoms with Crippen molar-refractivity contribution in [2.75, 3.05) is 18.5 Å². The average molecular weight is 247 g/mol. The summed E-state index contributed by atoms with van der Waals surface area (Å²) in [4.78, 5) is 1.97. The Balaban J connectivity index is 2.23. The first-order valence-corrected chi connectivity index (χ1v) is 6.30. The van der Waals surface area contributed by atoms with Gasteiger partial charge in [0, 0.05) is 13.1 Å². The Hall–Kier alpha value is -1.60. The first-order chi connectivity index (χ1) is 8.67. The van der Waals surface area contributed by atoms with E-state index < -0.39 is 0 Å². The first kappa shape index (κ1) is 12.8. The number of nitriles is 1. The molecule has 0 aliphatic heterocycles. The lowest BCUT2D eigenvalue weighted by atomic mass is 10.0. The summed E-state index contributed by atoms with van der Waals surface area (Å²) in [6.45, 7) is 0.646. The van der Waals surface area contributed by atoms with Crippen molar-refractivity contribution in [3.8, 4) is 6.07 Å². The highest BCUT2D eigenvalue weighted by molar-refractivity contribution is 5.51. The van der Waals surface area contributed by atoms with Crippen LogP contribution in [0.4, 0.5) is 10.1 Å². The van der Waals surface area contributed by atoms with Gasteiger partial charge in [0.25, 0.3) is 0 Å². The topological polar surface area (TPSA) is 53.0 Å². The first-order valence-electron chi connectivity index (χ1n) is 6.30. The summed E-state index contributed by atoms with van der Waals surface area (Å²) in [6, 6.07) is 6.87. The molecule has 2 atom stereocenters. The summed E-state index contributed by atoms with van der Waals surface area (Å²) >= 11 is 0. The Morgan fingerprint density at radius 2 is 2.28 bits per heavy atom. The zero-order valence-corrected chi connectivity index (χ0v) is 10.6. The molecule has 0 amide bonds. The summed E-state index contributed by atoms with van der Waals surface area (Å²) in [5, 5.41) is 8.74. The fourth-order valence-corrected chi connectivity index (χ4v) is 2.84. The third-order valence-electron chi connectivity index (χ3n) is 3.88. The van der Waals surface area contributed by atoms with Crippen molar-refractivity contribution >= 4 is 5.69 Å². The number of hydrogen-bond donors (Lipinski definition) is 1. The fourth-order valence-electron chi connectivity index (χ4n) is 2.84. The van der Waals surface area contributed by atoms with Gasteiger partial charge in [0.1, 0.15) is 5.82 Å². The molecule has 0 radical (unpaired) electrons. The monoisotopic (exact) mass is 247 g/mol. The van der Waals surface area contributed by atoms with Gasteiger partial charge in [-0.05, 0) is 43.5 Å². The van der Waals surface area contributed by atoms with Crippen molar-refractivity contribution in [2.45, 2.75) is 25.3 Å². The van der Waals surface area contributed by atoms with Crippen LogP contribution in [0.3, 0.4) is 0 Å². The highest BCUT2D eigenvalue weighted by atomic mass is 19.1. The van der Waals surface area contributed by atoms with Gasteiger partial charge in [-0.3, -0.25) is 0 Å². The van der Waals surface area contributed by atoms with Crippen LogP contribution >= 0.6 is 0 Å². The molecule has 2 N–H and O–H groups in total. The van der Waals surface area contributed by atoms with Crippen LogP contribution in [0.5, 0.6) is 0 Å². The highest BCUT2D eigenvalue weighted by Gasteiger charge is 2.30. The van der Waals surface area contributed by atoms with Crippen molar-refractivity contribution < 1.29 is 4.39 Å². The van der Waals surface area contributed by atoms with Crippen LogP contribution in [0.1, 0.15) is 24.8 Å². The van der Waals surface area contributed by atoms with E-state index in [1.165, 1.54) is 6.07 Å². The summed E-state index contributed by atoms with van der Waals surface area (Å²) in [6.07, 6.45) is 3.32.